The normalized spacial score (nSPS) is 17.3. The van der Waals surface area contributed by atoms with Gasteiger partial charge in [0.1, 0.15) is 11.2 Å². The van der Waals surface area contributed by atoms with E-state index in [4.69, 9.17) is 9.40 Å². The van der Waals surface area contributed by atoms with Crippen LogP contribution in [0.2, 0.25) is 0 Å². The number of nitrogens with zero attached hydrogens (tertiary/aromatic N) is 2. The van der Waals surface area contributed by atoms with Crippen LogP contribution in [-0.2, 0) is 20.1 Å². The fraction of sp³-hybridized carbons (Fsp3) is 0.364. The van der Waals surface area contributed by atoms with Gasteiger partial charge in [-0.1, -0.05) is 56.7 Å². The number of aromatic nitrogens is 2. The molecule has 0 atom stereocenters. The van der Waals surface area contributed by atoms with E-state index in [1.165, 1.54) is 91.8 Å². The van der Waals surface area contributed by atoms with Crippen molar-refractivity contribution in [3.63, 3.8) is 0 Å². The summed E-state index contributed by atoms with van der Waals surface area (Å²) in [6.45, 7) is 0. The van der Waals surface area contributed by atoms with E-state index < -0.39 is 0 Å². The summed E-state index contributed by atoms with van der Waals surface area (Å²) in [5, 5.41) is 2.54. The van der Waals surface area contributed by atoms with Gasteiger partial charge in [0.15, 0.2) is 0 Å². The van der Waals surface area contributed by atoms with Gasteiger partial charge in [0.25, 0.3) is 0 Å². The van der Waals surface area contributed by atoms with Crippen LogP contribution in [0, 0.1) is 6.07 Å². The zero-order chi connectivity index (χ0) is 23.9. The van der Waals surface area contributed by atoms with E-state index in [-0.39, 0.29) is 20.1 Å². The minimum Gasteiger partial charge on any atom is -0.456 e. The van der Waals surface area contributed by atoms with E-state index in [0.29, 0.717) is 11.8 Å². The Morgan fingerprint density at radius 1 is 0.811 bits per heavy atom. The molecule has 2 fully saturated rings. The van der Waals surface area contributed by atoms with Crippen molar-refractivity contribution in [2.45, 2.75) is 76.0 Å². The average molecular weight is 666 g/mol. The molecular formula is C33H33IrN2O-. The molecule has 37 heavy (non-hydrogen) atoms. The van der Waals surface area contributed by atoms with Crippen LogP contribution >= 0.6 is 0 Å². The second-order valence-electron chi connectivity index (χ2n) is 10.8. The van der Waals surface area contributed by atoms with Gasteiger partial charge in [0.05, 0.1) is 5.82 Å². The van der Waals surface area contributed by atoms with Crippen molar-refractivity contribution < 1.29 is 24.5 Å². The van der Waals surface area contributed by atoms with Gasteiger partial charge in [-0.05, 0) is 55.2 Å². The van der Waals surface area contributed by atoms with Gasteiger partial charge in [0.2, 0.25) is 0 Å². The molecule has 4 heteroatoms. The van der Waals surface area contributed by atoms with Gasteiger partial charge >= 0.3 is 0 Å². The first-order valence-electron chi connectivity index (χ1n) is 13.9. The van der Waals surface area contributed by atoms with Crippen molar-refractivity contribution >= 4 is 21.9 Å². The van der Waals surface area contributed by atoms with Crippen molar-refractivity contribution in [2.75, 3.05) is 0 Å². The molecule has 1 radical (unpaired) electrons. The van der Waals surface area contributed by atoms with Crippen LogP contribution in [0.1, 0.15) is 87.2 Å². The summed E-state index contributed by atoms with van der Waals surface area (Å²) >= 11 is 0. The van der Waals surface area contributed by atoms with Crippen molar-refractivity contribution in [3.8, 4) is 17.1 Å². The van der Waals surface area contributed by atoms with Gasteiger partial charge in [-0.2, -0.15) is 0 Å². The van der Waals surface area contributed by atoms with Crippen molar-refractivity contribution in [1.29, 1.82) is 0 Å². The number of fused-ring (bicyclic) bond motifs is 3. The summed E-state index contributed by atoms with van der Waals surface area (Å²) in [5.74, 6) is 2.06. The van der Waals surface area contributed by atoms with E-state index in [1.54, 1.807) is 0 Å². The fourth-order valence-corrected chi connectivity index (χ4v) is 6.87. The standard InChI is InChI=1S/C33H33N2O.Ir/c1-4-12-23(13-5-1)27-22-28-26-18-10-11-19-29(26)36-32(28)30(24-14-6-2-7-15-24)31(27)35-21-20-34-33(35)25-16-8-3-9-17-25;/h3,8-11,16,18-24H,1-2,4-7,12-15H2;/q-1;. The van der Waals surface area contributed by atoms with E-state index in [0.717, 1.165) is 22.6 Å². The predicted molar refractivity (Wildman–Crippen MR) is 147 cm³/mol. The molecule has 0 unspecified atom stereocenters. The molecule has 0 N–H and O–H groups in total. The Balaban J connectivity index is 0.00000252. The Labute approximate surface area is 232 Å². The molecule has 2 aliphatic rings. The van der Waals surface area contributed by atoms with Gasteiger partial charge < -0.3 is 8.98 Å². The summed E-state index contributed by atoms with van der Waals surface area (Å²) < 4.78 is 9.09. The SMILES string of the molecule is [Ir].[c-]1ccccc1-c1nccn1-c1c(C2CCCCC2)cc2c(oc3ccccc32)c1C1CCCCC1. The Bertz CT molecular complexity index is 1500. The number of furan rings is 1. The quantitative estimate of drug-likeness (QED) is 0.179. The molecule has 3 nitrogen and oxygen atoms in total. The molecule has 0 spiro atoms. The van der Waals surface area contributed by atoms with E-state index >= 15 is 0 Å². The molecule has 3 aromatic carbocycles. The van der Waals surface area contributed by atoms with Crippen LogP contribution in [0.4, 0.5) is 0 Å². The maximum absolute atomic E-state index is 6.72. The Morgan fingerprint density at radius 3 is 2.30 bits per heavy atom. The van der Waals surface area contributed by atoms with Crippen LogP contribution in [-0.4, -0.2) is 9.55 Å². The zero-order valence-corrected chi connectivity index (χ0v) is 23.6. The van der Waals surface area contributed by atoms with Crippen LogP contribution in [0.25, 0.3) is 39.0 Å². The summed E-state index contributed by atoms with van der Waals surface area (Å²) in [6, 6.07) is 22.7. The van der Waals surface area contributed by atoms with Gasteiger partial charge in [-0.15, -0.1) is 35.9 Å². The second kappa shape index (κ2) is 10.6. The molecule has 7 rings (SSSR count). The van der Waals surface area contributed by atoms with Crippen molar-refractivity contribution in [3.05, 3.63) is 84.2 Å². The molecular weight excluding hydrogens is 633 g/mol. The van der Waals surface area contributed by atoms with Crippen molar-refractivity contribution in [2.24, 2.45) is 0 Å². The fourth-order valence-electron chi connectivity index (χ4n) is 6.87. The van der Waals surface area contributed by atoms with Crippen LogP contribution in [0.3, 0.4) is 0 Å². The third-order valence-corrected chi connectivity index (χ3v) is 8.60. The summed E-state index contributed by atoms with van der Waals surface area (Å²) in [4.78, 5) is 4.86. The van der Waals surface area contributed by atoms with E-state index in [1.807, 2.05) is 18.3 Å². The minimum atomic E-state index is 0. The Hall–Kier alpha value is -2.68. The van der Waals surface area contributed by atoms with Crippen LogP contribution < -0.4 is 0 Å². The monoisotopic (exact) mass is 666 g/mol. The molecule has 191 valence electrons. The Kier molecular flexibility index (Phi) is 7.06. The predicted octanol–water partition coefficient (Wildman–Crippen LogP) is 9.33. The molecule has 2 saturated carbocycles. The third-order valence-electron chi connectivity index (χ3n) is 8.60. The Morgan fingerprint density at radius 2 is 1.54 bits per heavy atom. The average Bonchev–Trinajstić information content (AvgIpc) is 3.58. The molecule has 0 saturated heterocycles. The largest absolute Gasteiger partial charge is 0.456 e. The van der Waals surface area contributed by atoms with E-state index in [2.05, 4.69) is 59.3 Å². The first-order chi connectivity index (χ1) is 17.9. The molecule has 0 amide bonds. The molecule has 2 heterocycles. The number of benzene rings is 3. The molecule has 0 aliphatic heterocycles. The minimum absolute atomic E-state index is 0. The first kappa shape index (κ1) is 24.6. The maximum atomic E-state index is 6.72. The first-order valence-corrected chi connectivity index (χ1v) is 13.9. The van der Waals surface area contributed by atoms with E-state index in [9.17, 15) is 0 Å². The molecule has 2 aliphatic carbocycles. The van der Waals surface area contributed by atoms with Crippen LogP contribution in [0.5, 0.6) is 0 Å². The smallest absolute Gasteiger partial charge is 0.140 e. The number of hydrogen-bond donors (Lipinski definition) is 0. The topological polar surface area (TPSA) is 31.0 Å². The number of rotatable bonds is 4. The number of para-hydroxylation sites is 1. The van der Waals surface area contributed by atoms with Gasteiger partial charge in [-0.25, -0.2) is 0 Å². The van der Waals surface area contributed by atoms with Crippen molar-refractivity contribution in [1.82, 2.24) is 9.55 Å². The maximum Gasteiger partial charge on any atom is 0.140 e. The molecule has 2 aromatic heterocycles. The molecule has 0 bridgehead atoms. The van der Waals surface area contributed by atoms with Gasteiger partial charge in [0, 0.05) is 54.5 Å². The second-order valence-corrected chi connectivity index (χ2v) is 10.8. The van der Waals surface area contributed by atoms with Crippen LogP contribution in [0.15, 0.2) is 71.4 Å². The third kappa shape index (κ3) is 4.39. The number of imidazole rings is 1. The zero-order valence-electron chi connectivity index (χ0n) is 21.2. The molecule has 5 aromatic rings. The summed E-state index contributed by atoms with van der Waals surface area (Å²) in [7, 11) is 0. The summed E-state index contributed by atoms with van der Waals surface area (Å²) in [6.07, 6.45) is 17.0. The summed E-state index contributed by atoms with van der Waals surface area (Å²) in [5.41, 5.74) is 7.37. The van der Waals surface area contributed by atoms with Gasteiger partial charge in [-0.3, -0.25) is 4.98 Å². The number of hydrogen-bond acceptors (Lipinski definition) is 2.